The molecule has 3 fully saturated rings. The van der Waals surface area contributed by atoms with Crippen LogP contribution in [0, 0.1) is 23.7 Å². The molecule has 0 aromatic carbocycles. The van der Waals surface area contributed by atoms with E-state index in [2.05, 4.69) is 42.5 Å². The molecule has 3 aliphatic rings. The highest BCUT2D eigenvalue weighted by molar-refractivity contribution is 5.98. The van der Waals surface area contributed by atoms with Gasteiger partial charge < -0.3 is 103 Å². The zero-order valence-electron chi connectivity index (χ0n) is 50.5. The number of carbonyl (C=O) groups is 10. The number of likely N-dealkylation sites (tertiary alicyclic amines) is 1. The fraction of sp³-hybridized carbons (Fsp3) is 0.815. The maximum atomic E-state index is 14.3. The minimum absolute atomic E-state index is 0.0948. The lowest BCUT2D eigenvalue weighted by atomic mass is 9.95. The SMILES string of the molecule is CCC(=O)[C@H](C)NC(=O)C(NC(=O)[C@@H](NC(=O)C(NC(=O)[C@H](C)NC(=O)C(C)NC(=O)[C@@H]1CCCN1C(=O)C(NC(=O)[C@@H](N)C(C)O[C@H]1OC(CO)[C@H](O)C(O[C@@H]2OC(CO)[C@H](O)C(O)C2O)C1NC(C)=O)C(C)C)C(C)C)C(C)C)C(C)C. The van der Waals surface area contributed by atoms with Crippen LogP contribution in [0.15, 0.2) is 0 Å². The number of amides is 9. The summed E-state index contributed by atoms with van der Waals surface area (Å²) in [5.41, 5.74) is 6.39. The smallest absolute Gasteiger partial charge is 0.246 e. The van der Waals surface area contributed by atoms with E-state index in [9.17, 15) is 78.6 Å². The average Bonchev–Trinajstić information content (AvgIpc) is 1.84. The third-order valence-electron chi connectivity index (χ3n) is 15.0. The summed E-state index contributed by atoms with van der Waals surface area (Å²) in [5, 5.41) is 83.2. The third-order valence-corrected chi connectivity index (χ3v) is 15.0. The molecule has 20 atom stereocenters. The summed E-state index contributed by atoms with van der Waals surface area (Å²) in [6, 6.07) is -12.1. The first-order valence-electron chi connectivity index (χ1n) is 28.7. The van der Waals surface area contributed by atoms with Crippen LogP contribution in [0.25, 0.3) is 0 Å². The molecule has 0 spiro atoms. The Morgan fingerprint density at radius 3 is 1.49 bits per heavy atom. The van der Waals surface area contributed by atoms with E-state index in [1.807, 2.05) is 0 Å². The molecule has 3 aliphatic heterocycles. The number of hydrogen-bond donors (Lipinski definition) is 15. The minimum Gasteiger partial charge on any atom is -0.394 e. The number of aliphatic hydroxyl groups is 6. The monoisotopic (exact) mass is 1200 g/mol. The highest BCUT2D eigenvalue weighted by Crippen LogP contribution is 2.31. The van der Waals surface area contributed by atoms with Gasteiger partial charge in [-0.05, 0) is 64.2 Å². The second-order valence-corrected chi connectivity index (χ2v) is 23.2. The number of carbonyl (C=O) groups excluding carboxylic acids is 10. The van der Waals surface area contributed by atoms with E-state index in [0.717, 1.165) is 6.92 Å². The standard InChI is InChI=1S/C54H94N10O20/c1-15-31(68)25(10)56-49(77)35(21(2)3)61-51(79)37(23(6)7)62-50(78)36(22(4)5)60-46(74)27(12)57-45(73)26(11)58-47(75)30-17-16-18-64(30)52(80)38(24(8)9)63-48(76)34(55)28(13)81-53-39(59-29(14)67)44(41(70)33(20-66)82-53)84-54-43(72)42(71)40(69)32(19-65)83-54/h21-28,30,32-44,53-54,65-66,69-72H,15-20,55H2,1-14H3,(H,56,77)(H,57,73)(H,58,75)(H,59,67)(H,60,74)(H,61,79)(H,62,78)(H,63,76)/t25-,26?,27-,28?,30-,32?,33?,34-,35?,36?,37-,38?,39?,40-,41-,42?,43?,44?,53-,54-/m0/s1. The largest absolute Gasteiger partial charge is 0.394 e. The number of rotatable bonds is 29. The molecular weight excluding hydrogens is 1110 g/mol. The van der Waals surface area contributed by atoms with Crippen molar-refractivity contribution in [3.63, 3.8) is 0 Å². The van der Waals surface area contributed by atoms with Gasteiger partial charge in [0.05, 0.1) is 25.4 Å². The summed E-state index contributed by atoms with van der Waals surface area (Å²) in [6.07, 6.45) is -15.8. The Kier molecular flexibility index (Phi) is 28.4. The third kappa shape index (κ3) is 19.2. The molecule has 3 saturated heterocycles. The quantitative estimate of drug-likeness (QED) is 0.0332. The fourth-order valence-electron chi connectivity index (χ4n) is 9.66. The lowest BCUT2D eigenvalue weighted by Crippen LogP contribution is -2.68. The van der Waals surface area contributed by atoms with Gasteiger partial charge in [-0.2, -0.15) is 0 Å². The van der Waals surface area contributed by atoms with Crippen molar-refractivity contribution in [3.05, 3.63) is 0 Å². The zero-order valence-corrected chi connectivity index (χ0v) is 50.5. The first kappa shape index (κ1) is 72.7. The Balaban J connectivity index is 1.66. The first-order valence-corrected chi connectivity index (χ1v) is 28.7. The van der Waals surface area contributed by atoms with E-state index in [-0.39, 0.29) is 25.2 Å². The van der Waals surface area contributed by atoms with Crippen LogP contribution in [0.5, 0.6) is 0 Å². The lowest BCUT2D eigenvalue weighted by molar-refractivity contribution is -0.347. The number of nitrogens with two attached hydrogens (primary N) is 1. The number of aliphatic hydroxyl groups excluding tert-OH is 6. The molecule has 0 aromatic rings. The number of Topliss-reactive ketones (excluding diaryl/α,β-unsaturated/α-hetero) is 1. The average molecular weight is 1200 g/mol. The van der Waals surface area contributed by atoms with E-state index in [4.69, 9.17) is 24.7 Å². The molecule has 3 heterocycles. The highest BCUT2D eigenvalue weighted by atomic mass is 16.7. The summed E-state index contributed by atoms with van der Waals surface area (Å²) < 4.78 is 23.1. The van der Waals surface area contributed by atoms with Crippen molar-refractivity contribution in [1.29, 1.82) is 0 Å². The Morgan fingerprint density at radius 1 is 0.560 bits per heavy atom. The molecule has 30 nitrogen and oxygen atoms in total. The Hall–Kier alpha value is -5.54. The molecule has 0 aromatic heterocycles. The minimum atomic E-state index is -1.93. The summed E-state index contributed by atoms with van der Waals surface area (Å²) in [6.45, 7) is 20.2. The van der Waals surface area contributed by atoms with Crippen LogP contribution in [-0.2, 0) is 66.9 Å². The molecule has 84 heavy (non-hydrogen) atoms. The molecule has 0 radical (unpaired) electrons. The van der Waals surface area contributed by atoms with Gasteiger partial charge >= 0.3 is 0 Å². The number of nitrogens with one attached hydrogen (secondary N) is 8. The Morgan fingerprint density at radius 2 is 1.00 bits per heavy atom. The van der Waals surface area contributed by atoms with E-state index in [1.54, 1.807) is 69.2 Å². The van der Waals surface area contributed by atoms with Crippen LogP contribution in [-0.4, -0.2) is 236 Å². The van der Waals surface area contributed by atoms with Crippen molar-refractivity contribution in [2.24, 2.45) is 29.4 Å². The number of ketones is 1. The maximum absolute atomic E-state index is 14.3. The van der Waals surface area contributed by atoms with Gasteiger partial charge in [0.2, 0.25) is 53.2 Å². The fourth-order valence-corrected chi connectivity index (χ4v) is 9.66. The van der Waals surface area contributed by atoms with Crippen LogP contribution < -0.4 is 48.3 Å². The van der Waals surface area contributed by atoms with Crippen LogP contribution in [0.4, 0.5) is 0 Å². The van der Waals surface area contributed by atoms with Gasteiger partial charge in [0.25, 0.3) is 0 Å². The molecule has 0 bridgehead atoms. The molecule has 9 amide bonds. The van der Waals surface area contributed by atoms with Crippen LogP contribution >= 0.6 is 0 Å². The van der Waals surface area contributed by atoms with Crippen molar-refractivity contribution in [1.82, 2.24) is 47.4 Å². The number of hydrogen-bond acceptors (Lipinski definition) is 21. The summed E-state index contributed by atoms with van der Waals surface area (Å²) in [5.74, 6) is -8.67. The van der Waals surface area contributed by atoms with Gasteiger partial charge in [0, 0.05) is 19.9 Å². The molecular formula is C54H94N10O20. The summed E-state index contributed by atoms with van der Waals surface area (Å²) in [7, 11) is 0. The molecule has 0 aliphatic carbocycles. The number of ether oxygens (including phenoxy) is 4. The summed E-state index contributed by atoms with van der Waals surface area (Å²) >= 11 is 0. The Bertz CT molecular complexity index is 2280. The molecule has 0 saturated carbocycles. The van der Waals surface area contributed by atoms with Crippen molar-refractivity contribution in [2.75, 3.05) is 19.8 Å². The van der Waals surface area contributed by atoms with Crippen molar-refractivity contribution in [2.45, 2.75) is 238 Å². The van der Waals surface area contributed by atoms with Gasteiger partial charge in [0.1, 0.15) is 97.1 Å². The molecule has 30 heteroatoms. The molecule has 16 N–H and O–H groups in total. The highest BCUT2D eigenvalue weighted by Gasteiger charge is 2.52. The Labute approximate surface area is 489 Å². The van der Waals surface area contributed by atoms with Crippen molar-refractivity contribution < 1.29 is 97.5 Å². The number of nitrogens with zero attached hydrogens (tertiary/aromatic N) is 1. The van der Waals surface area contributed by atoms with Gasteiger partial charge in [-0.1, -0.05) is 62.3 Å². The van der Waals surface area contributed by atoms with Crippen LogP contribution in [0.2, 0.25) is 0 Å². The van der Waals surface area contributed by atoms with E-state index in [1.165, 1.54) is 25.7 Å². The topological polar surface area (TPSA) is 455 Å². The van der Waals surface area contributed by atoms with E-state index in [0.29, 0.717) is 6.42 Å². The van der Waals surface area contributed by atoms with Crippen molar-refractivity contribution >= 4 is 58.9 Å². The predicted molar refractivity (Wildman–Crippen MR) is 296 cm³/mol. The normalized spacial score (nSPS) is 27.7. The van der Waals surface area contributed by atoms with Gasteiger partial charge in [0.15, 0.2) is 18.4 Å². The maximum Gasteiger partial charge on any atom is 0.246 e. The second-order valence-electron chi connectivity index (χ2n) is 23.2. The second kappa shape index (κ2) is 32.8. The van der Waals surface area contributed by atoms with E-state index >= 15 is 0 Å². The first-order chi connectivity index (χ1) is 39.1. The van der Waals surface area contributed by atoms with Crippen LogP contribution in [0.1, 0.15) is 116 Å². The van der Waals surface area contributed by atoms with Gasteiger partial charge in [-0.25, -0.2) is 0 Å². The lowest BCUT2D eigenvalue weighted by Gasteiger charge is -2.48. The van der Waals surface area contributed by atoms with Gasteiger partial charge in [-0.15, -0.1) is 0 Å². The summed E-state index contributed by atoms with van der Waals surface area (Å²) in [4.78, 5) is 135. The molecule has 11 unspecified atom stereocenters. The van der Waals surface area contributed by atoms with E-state index < -0.39 is 212 Å². The molecule has 480 valence electrons. The predicted octanol–water partition coefficient (Wildman–Crippen LogP) is -5.47. The van der Waals surface area contributed by atoms with Gasteiger partial charge in [-0.3, -0.25) is 47.9 Å². The van der Waals surface area contributed by atoms with Crippen molar-refractivity contribution in [3.8, 4) is 0 Å². The zero-order chi connectivity index (χ0) is 63.9. The molecule has 3 rings (SSSR count). The van der Waals surface area contributed by atoms with Crippen LogP contribution in [0.3, 0.4) is 0 Å².